The SMILES string of the molecule is CCCCCCC(C)(C)c1nnc(C(C)(CCCCCC)CCCCCC)o1. The molecule has 0 saturated heterocycles. The fourth-order valence-corrected chi connectivity index (χ4v) is 4.06. The van der Waals surface area contributed by atoms with E-state index in [0.29, 0.717) is 0 Å². The van der Waals surface area contributed by atoms with Crippen LogP contribution in [0.15, 0.2) is 4.42 Å². The second-order valence-electron chi connectivity index (χ2n) is 9.79. The van der Waals surface area contributed by atoms with Crippen molar-refractivity contribution in [3.63, 3.8) is 0 Å². The molecule has 1 rings (SSSR count). The summed E-state index contributed by atoms with van der Waals surface area (Å²) in [4.78, 5) is 0. The van der Waals surface area contributed by atoms with Gasteiger partial charge in [-0.05, 0) is 19.3 Å². The highest BCUT2D eigenvalue weighted by Crippen LogP contribution is 2.37. The summed E-state index contributed by atoms with van der Waals surface area (Å²) in [6.45, 7) is 13.7. The van der Waals surface area contributed by atoms with Crippen molar-refractivity contribution in [2.75, 3.05) is 0 Å². The van der Waals surface area contributed by atoms with Crippen molar-refractivity contribution in [1.29, 1.82) is 0 Å². The van der Waals surface area contributed by atoms with Crippen molar-refractivity contribution in [3.05, 3.63) is 11.8 Å². The molecule has 0 unspecified atom stereocenters. The lowest BCUT2D eigenvalue weighted by Gasteiger charge is -2.26. The van der Waals surface area contributed by atoms with E-state index in [2.05, 4.69) is 51.7 Å². The molecule has 0 fully saturated rings. The summed E-state index contributed by atoms with van der Waals surface area (Å²) in [5.74, 6) is 1.73. The average Bonchev–Trinajstić information content (AvgIpc) is 3.18. The van der Waals surface area contributed by atoms with Gasteiger partial charge in [0, 0.05) is 10.8 Å². The highest BCUT2D eigenvalue weighted by Gasteiger charge is 2.34. The smallest absolute Gasteiger partial charge is 0.222 e. The summed E-state index contributed by atoms with van der Waals surface area (Å²) in [6, 6.07) is 0. The Hall–Kier alpha value is -0.860. The third-order valence-corrected chi connectivity index (χ3v) is 6.34. The summed E-state index contributed by atoms with van der Waals surface area (Å²) in [5.41, 5.74) is 0.00927. The first-order chi connectivity index (χ1) is 13.4. The first-order valence-electron chi connectivity index (χ1n) is 12.2. The van der Waals surface area contributed by atoms with Crippen LogP contribution in [0, 0.1) is 0 Å². The maximum atomic E-state index is 6.36. The highest BCUT2D eigenvalue weighted by molar-refractivity contribution is 5.06. The molecule has 0 atom stereocenters. The molecule has 0 saturated carbocycles. The van der Waals surface area contributed by atoms with Crippen LogP contribution >= 0.6 is 0 Å². The number of hydrogen-bond donors (Lipinski definition) is 0. The van der Waals surface area contributed by atoms with Crippen LogP contribution < -0.4 is 0 Å². The molecular formula is C25H48N2O. The van der Waals surface area contributed by atoms with Gasteiger partial charge in [0.15, 0.2) is 0 Å². The van der Waals surface area contributed by atoms with Crippen LogP contribution in [-0.2, 0) is 10.8 Å². The van der Waals surface area contributed by atoms with Gasteiger partial charge in [-0.2, -0.15) is 0 Å². The van der Waals surface area contributed by atoms with Crippen LogP contribution in [0.5, 0.6) is 0 Å². The van der Waals surface area contributed by atoms with E-state index >= 15 is 0 Å². The molecule has 0 spiro atoms. The largest absolute Gasteiger partial charge is 0.424 e. The first kappa shape index (κ1) is 25.2. The van der Waals surface area contributed by atoms with Crippen LogP contribution in [-0.4, -0.2) is 10.2 Å². The van der Waals surface area contributed by atoms with Gasteiger partial charge in [-0.1, -0.05) is 119 Å². The van der Waals surface area contributed by atoms with Crippen molar-refractivity contribution < 1.29 is 4.42 Å². The zero-order chi connectivity index (χ0) is 20.9. The molecule has 1 heterocycles. The Bertz CT molecular complexity index is 494. The van der Waals surface area contributed by atoms with Crippen LogP contribution in [0.25, 0.3) is 0 Å². The lowest BCUT2D eigenvalue weighted by molar-refractivity contribution is 0.257. The summed E-state index contributed by atoms with van der Waals surface area (Å²) < 4.78 is 6.36. The second kappa shape index (κ2) is 13.4. The highest BCUT2D eigenvalue weighted by atomic mass is 16.4. The topological polar surface area (TPSA) is 38.9 Å². The monoisotopic (exact) mass is 392 g/mol. The zero-order valence-corrected chi connectivity index (χ0v) is 19.9. The third kappa shape index (κ3) is 8.66. The quantitative estimate of drug-likeness (QED) is 0.249. The van der Waals surface area contributed by atoms with E-state index < -0.39 is 0 Å². The number of aromatic nitrogens is 2. The van der Waals surface area contributed by atoms with Crippen molar-refractivity contribution in [3.8, 4) is 0 Å². The summed E-state index contributed by atoms with van der Waals surface area (Å²) in [7, 11) is 0. The van der Waals surface area contributed by atoms with Crippen molar-refractivity contribution >= 4 is 0 Å². The van der Waals surface area contributed by atoms with Crippen LogP contribution in [0.4, 0.5) is 0 Å². The van der Waals surface area contributed by atoms with Gasteiger partial charge >= 0.3 is 0 Å². The Kier molecular flexibility index (Phi) is 12.0. The standard InChI is InChI=1S/C25H48N2O/c1-7-10-13-16-19-24(4,5)22-26-27-23(28-22)25(6,20-17-14-11-8-2)21-18-15-12-9-3/h7-21H2,1-6H3. The van der Waals surface area contributed by atoms with Gasteiger partial charge in [-0.3, -0.25) is 0 Å². The predicted molar refractivity (Wildman–Crippen MR) is 121 cm³/mol. The van der Waals surface area contributed by atoms with Gasteiger partial charge in [-0.15, -0.1) is 10.2 Å². The molecule has 3 heteroatoms. The fraction of sp³-hybridized carbons (Fsp3) is 0.920. The molecule has 164 valence electrons. The molecule has 0 amide bonds. The summed E-state index contributed by atoms with van der Waals surface area (Å²) in [5, 5.41) is 9.11. The van der Waals surface area contributed by atoms with E-state index in [-0.39, 0.29) is 10.8 Å². The number of unbranched alkanes of at least 4 members (excludes halogenated alkanes) is 9. The summed E-state index contributed by atoms with van der Waals surface area (Å²) in [6.07, 6.45) is 18.9. The van der Waals surface area contributed by atoms with Gasteiger partial charge in [0.1, 0.15) is 0 Å². The number of hydrogen-bond acceptors (Lipinski definition) is 3. The van der Waals surface area contributed by atoms with Crippen LogP contribution in [0.3, 0.4) is 0 Å². The molecule has 1 aromatic heterocycles. The minimum absolute atomic E-state index is 0.0235. The second-order valence-corrected chi connectivity index (χ2v) is 9.79. The molecule has 0 aliphatic heterocycles. The van der Waals surface area contributed by atoms with Crippen molar-refractivity contribution in [2.24, 2.45) is 0 Å². The van der Waals surface area contributed by atoms with E-state index in [1.807, 2.05) is 0 Å². The van der Waals surface area contributed by atoms with Gasteiger partial charge < -0.3 is 4.42 Å². The van der Waals surface area contributed by atoms with E-state index in [1.54, 1.807) is 0 Å². The van der Waals surface area contributed by atoms with Crippen LogP contribution in [0.2, 0.25) is 0 Å². The normalized spacial score (nSPS) is 12.6. The summed E-state index contributed by atoms with van der Waals surface area (Å²) >= 11 is 0. The van der Waals surface area contributed by atoms with Crippen LogP contribution in [0.1, 0.15) is 150 Å². The first-order valence-corrected chi connectivity index (χ1v) is 12.2. The molecule has 0 radical (unpaired) electrons. The Morgan fingerprint density at radius 3 is 1.46 bits per heavy atom. The minimum Gasteiger partial charge on any atom is -0.424 e. The van der Waals surface area contributed by atoms with E-state index in [9.17, 15) is 0 Å². The molecule has 0 aromatic carbocycles. The predicted octanol–water partition coefficient (Wildman–Crippen LogP) is 8.52. The molecule has 1 aromatic rings. The average molecular weight is 393 g/mol. The third-order valence-electron chi connectivity index (χ3n) is 6.34. The Morgan fingerprint density at radius 1 is 0.571 bits per heavy atom. The molecule has 28 heavy (non-hydrogen) atoms. The molecule has 0 aliphatic carbocycles. The molecule has 3 nitrogen and oxygen atoms in total. The molecule has 0 N–H and O–H groups in total. The molecular weight excluding hydrogens is 344 g/mol. The Morgan fingerprint density at radius 2 is 1.00 bits per heavy atom. The van der Waals surface area contributed by atoms with E-state index in [0.717, 1.165) is 31.0 Å². The maximum absolute atomic E-state index is 6.36. The molecule has 0 aliphatic rings. The Balaban J connectivity index is 2.79. The van der Waals surface area contributed by atoms with E-state index in [1.165, 1.54) is 77.0 Å². The minimum atomic E-state index is -0.0235. The lowest BCUT2D eigenvalue weighted by Crippen LogP contribution is -2.23. The zero-order valence-electron chi connectivity index (χ0n) is 19.9. The van der Waals surface area contributed by atoms with Gasteiger partial charge in [0.2, 0.25) is 11.8 Å². The number of rotatable bonds is 17. The molecule has 0 bridgehead atoms. The van der Waals surface area contributed by atoms with Gasteiger partial charge in [0.05, 0.1) is 0 Å². The Labute approximate surface area is 175 Å². The van der Waals surface area contributed by atoms with Gasteiger partial charge in [-0.25, -0.2) is 0 Å². The van der Waals surface area contributed by atoms with Crippen molar-refractivity contribution in [2.45, 2.75) is 149 Å². The number of nitrogens with zero attached hydrogens (tertiary/aromatic N) is 2. The maximum Gasteiger partial charge on any atom is 0.222 e. The van der Waals surface area contributed by atoms with Crippen molar-refractivity contribution in [1.82, 2.24) is 10.2 Å². The van der Waals surface area contributed by atoms with E-state index in [4.69, 9.17) is 4.42 Å². The van der Waals surface area contributed by atoms with Gasteiger partial charge in [0.25, 0.3) is 0 Å². The lowest BCUT2D eigenvalue weighted by atomic mass is 9.79. The fourth-order valence-electron chi connectivity index (χ4n) is 4.06.